The molecule has 1 saturated carbocycles. The van der Waals surface area contributed by atoms with Crippen molar-refractivity contribution < 1.29 is 9.90 Å². The van der Waals surface area contributed by atoms with Gasteiger partial charge in [0.2, 0.25) is 5.91 Å². The molecule has 1 aliphatic carbocycles. The molecule has 0 spiro atoms. The third kappa shape index (κ3) is 4.10. The molecule has 0 aromatic heterocycles. The minimum Gasteiger partial charge on any atom is -0.393 e. The fraction of sp³-hybridized carbons (Fsp3) is 0.917. The summed E-state index contributed by atoms with van der Waals surface area (Å²) >= 11 is 0. The third-order valence-corrected chi connectivity index (χ3v) is 3.41. The number of nitrogens with two attached hydrogens (primary N) is 1. The van der Waals surface area contributed by atoms with Crippen LogP contribution in [0.4, 0.5) is 0 Å². The Morgan fingerprint density at radius 1 is 1.50 bits per heavy atom. The Balaban J connectivity index is 2.33. The van der Waals surface area contributed by atoms with Gasteiger partial charge in [0, 0.05) is 12.5 Å². The number of hydrogen-bond donors (Lipinski definition) is 3. The highest BCUT2D eigenvalue weighted by Crippen LogP contribution is 2.29. The van der Waals surface area contributed by atoms with Crippen LogP contribution in [0.5, 0.6) is 0 Å². The zero-order valence-corrected chi connectivity index (χ0v) is 10.1. The summed E-state index contributed by atoms with van der Waals surface area (Å²) < 4.78 is 0. The molecule has 3 unspecified atom stereocenters. The fourth-order valence-electron chi connectivity index (χ4n) is 2.37. The van der Waals surface area contributed by atoms with Crippen LogP contribution in [0.3, 0.4) is 0 Å². The normalized spacial score (nSPS) is 27.4. The summed E-state index contributed by atoms with van der Waals surface area (Å²) in [6.07, 6.45) is 4.63. The first-order valence-corrected chi connectivity index (χ1v) is 6.31. The first-order valence-electron chi connectivity index (χ1n) is 6.31. The maximum atomic E-state index is 11.9. The van der Waals surface area contributed by atoms with E-state index in [1.165, 1.54) is 6.42 Å². The van der Waals surface area contributed by atoms with Gasteiger partial charge in [-0.2, -0.15) is 0 Å². The molecule has 3 atom stereocenters. The topological polar surface area (TPSA) is 75.3 Å². The van der Waals surface area contributed by atoms with E-state index in [0.717, 1.165) is 19.3 Å². The lowest BCUT2D eigenvalue weighted by molar-refractivity contribution is -0.127. The van der Waals surface area contributed by atoms with Crippen LogP contribution in [0.2, 0.25) is 0 Å². The van der Waals surface area contributed by atoms with Gasteiger partial charge in [0.05, 0.1) is 6.10 Å². The standard InChI is InChI=1S/C12H24N2O2/c1-9(15)6-7-14-12(16)11-5-3-2-4-10(11)8-13/h9-11,15H,2-8,13H2,1H3,(H,14,16). The highest BCUT2D eigenvalue weighted by molar-refractivity contribution is 5.79. The minimum absolute atomic E-state index is 0.0905. The number of hydrogen-bond acceptors (Lipinski definition) is 3. The van der Waals surface area contributed by atoms with Crippen LogP contribution in [-0.4, -0.2) is 30.2 Å². The summed E-state index contributed by atoms with van der Waals surface area (Å²) in [5, 5.41) is 12.0. The van der Waals surface area contributed by atoms with Crippen molar-refractivity contribution in [3.05, 3.63) is 0 Å². The van der Waals surface area contributed by atoms with Crippen molar-refractivity contribution in [1.82, 2.24) is 5.32 Å². The molecular formula is C12H24N2O2. The van der Waals surface area contributed by atoms with Gasteiger partial charge < -0.3 is 16.2 Å². The van der Waals surface area contributed by atoms with E-state index in [2.05, 4.69) is 5.32 Å². The molecule has 4 nitrogen and oxygen atoms in total. The van der Waals surface area contributed by atoms with E-state index in [1.807, 2.05) is 0 Å². The lowest BCUT2D eigenvalue weighted by Crippen LogP contribution is -2.40. The summed E-state index contributed by atoms with van der Waals surface area (Å²) in [6.45, 7) is 2.90. The van der Waals surface area contributed by atoms with Crippen molar-refractivity contribution in [2.24, 2.45) is 17.6 Å². The fourth-order valence-corrected chi connectivity index (χ4v) is 2.37. The number of aliphatic hydroxyl groups excluding tert-OH is 1. The molecular weight excluding hydrogens is 204 g/mol. The number of carbonyl (C=O) groups is 1. The van der Waals surface area contributed by atoms with Crippen molar-refractivity contribution in [3.63, 3.8) is 0 Å². The Morgan fingerprint density at radius 2 is 2.19 bits per heavy atom. The van der Waals surface area contributed by atoms with Crippen LogP contribution >= 0.6 is 0 Å². The molecule has 0 saturated heterocycles. The first kappa shape index (κ1) is 13.5. The van der Waals surface area contributed by atoms with Gasteiger partial charge in [0.25, 0.3) is 0 Å². The predicted molar refractivity (Wildman–Crippen MR) is 63.8 cm³/mol. The first-order chi connectivity index (χ1) is 7.65. The molecule has 1 aliphatic rings. The Hall–Kier alpha value is -0.610. The molecule has 0 bridgehead atoms. The van der Waals surface area contributed by atoms with Crippen LogP contribution in [0, 0.1) is 11.8 Å². The van der Waals surface area contributed by atoms with E-state index in [4.69, 9.17) is 10.8 Å². The lowest BCUT2D eigenvalue weighted by Gasteiger charge is -2.29. The van der Waals surface area contributed by atoms with E-state index < -0.39 is 0 Å². The van der Waals surface area contributed by atoms with Gasteiger partial charge in [-0.25, -0.2) is 0 Å². The van der Waals surface area contributed by atoms with E-state index >= 15 is 0 Å². The number of rotatable bonds is 5. The maximum absolute atomic E-state index is 11.9. The zero-order valence-electron chi connectivity index (χ0n) is 10.1. The SMILES string of the molecule is CC(O)CCNC(=O)C1CCCCC1CN. The number of carbonyl (C=O) groups excluding carboxylic acids is 1. The number of amides is 1. The van der Waals surface area contributed by atoms with E-state index in [9.17, 15) is 4.79 Å². The van der Waals surface area contributed by atoms with Crippen molar-refractivity contribution >= 4 is 5.91 Å². The molecule has 0 aliphatic heterocycles. The van der Waals surface area contributed by atoms with Gasteiger partial charge in [-0.3, -0.25) is 4.79 Å². The Kier molecular flexibility index (Phi) is 5.77. The van der Waals surface area contributed by atoms with Gasteiger partial charge in [0.1, 0.15) is 0 Å². The molecule has 94 valence electrons. The summed E-state index contributed by atoms with van der Waals surface area (Å²) in [5.74, 6) is 0.559. The molecule has 0 aromatic rings. The lowest BCUT2D eigenvalue weighted by atomic mass is 9.79. The van der Waals surface area contributed by atoms with E-state index in [1.54, 1.807) is 6.92 Å². The molecule has 4 heteroatoms. The average Bonchev–Trinajstić information content (AvgIpc) is 2.28. The predicted octanol–water partition coefficient (Wildman–Crippen LogP) is 0.639. The summed E-state index contributed by atoms with van der Waals surface area (Å²) in [7, 11) is 0. The van der Waals surface area contributed by atoms with Gasteiger partial charge in [-0.1, -0.05) is 12.8 Å². The Bertz CT molecular complexity index is 219. The highest BCUT2D eigenvalue weighted by Gasteiger charge is 2.29. The van der Waals surface area contributed by atoms with Crippen LogP contribution in [0.25, 0.3) is 0 Å². The molecule has 16 heavy (non-hydrogen) atoms. The molecule has 1 amide bonds. The smallest absolute Gasteiger partial charge is 0.223 e. The van der Waals surface area contributed by atoms with Gasteiger partial charge in [-0.15, -0.1) is 0 Å². The Morgan fingerprint density at radius 3 is 2.81 bits per heavy atom. The number of aliphatic hydroxyl groups is 1. The van der Waals surface area contributed by atoms with Crippen molar-refractivity contribution in [2.75, 3.05) is 13.1 Å². The van der Waals surface area contributed by atoms with Crippen molar-refractivity contribution in [2.45, 2.75) is 45.1 Å². The minimum atomic E-state index is -0.350. The second-order valence-electron chi connectivity index (χ2n) is 4.82. The summed E-state index contributed by atoms with van der Waals surface area (Å²) in [6, 6.07) is 0. The maximum Gasteiger partial charge on any atom is 0.223 e. The van der Waals surface area contributed by atoms with Crippen molar-refractivity contribution in [1.29, 1.82) is 0 Å². The van der Waals surface area contributed by atoms with Crippen molar-refractivity contribution in [3.8, 4) is 0 Å². The van der Waals surface area contributed by atoms with E-state index in [-0.39, 0.29) is 17.9 Å². The third-order valence-electron chi connectivity index (χ3n) is 3.41. The Labute approximate surface area is 97.6 Å². The molecule has 1 fully saturated rings. The van der Waals surface area contributed by atoms with Crippen LogP contribution in [0.15, 0.2) is 0 Å². The quantitative estimate of drug-likeness (QED) is 0.646. The average molecular weight is 228 g/mol. The molecule has 0 aromatic carbocycles. The largest absolute Gasteiger partial charge is 0.393 e. The van der Waals surface area contributed by atoms with Gasteiger partial charge in [0.15, 0.2) is 0 Å². The monoisotopic (exact) mass is 228 g/mol. The summed E-state index contributed by atoms with van der Waals surface area (Å²) in [4.78, 5) is 11.9. The van der Waals surface area contributed by atoms with Crippen LogP contribution < -0.4 is 11.1 Å². The molecule has 0 radical (unpaired) electrons. The highest BCUT2D eigenvalue weighted by atomic mass is 16.3. The molecule has 4 N–H and O–H groups in total. The second-order valence-corrected chi connectivity index (χ2v) is 4.82. The zero-order chi connectivity index (χ0) is 12.0. The van der Waals surface area contributed by atoms with Gasteiger partial charge >= 0.3 is 0 Å². The van der Waals surface area contributed by atoms with Crippen LogP contribution in [-0.2, 0) is 4.79 Å². The van der Waals surface area contributed by atoms with E-state index in [0.29, 0.717) is 25.4 Å². The summed E-state index contributed by atoms with van der Waals surface area (Å²) in [5.41, 5.74) is 5.69. The number of nitrogens with one attached hydrogen (secondary N) is 1. The van der Waals surface area contributed by atoms with Gasteiger partial charge in [-0.05, 0) is 38.6 Å². The second kappa shape index (κ2) is 6.86. The molecule has 0 heterocycles. The van der Waals surface area contributed by atoms with Crippen LogP contribution in [0.1, 0.15) is 39.0 Å². The molecule has 1 rings (SSSR count).